The molecule has 6 heteroatoms. The van der Waals surface area contributed by atoms with E-state index in [1.165, 1.54) is 24.2 Å². The minimum Gasteiger partial charge on any atom is -0.467 e. The molecule has 1 saturated heterocycles. The van der Waals surface area contributed by atoms with E-state index in [-0.39, 0.29) is 5.91 Å². The van der Waals surface area contributed by atoms with E-state index in [0.717, 1.165) is 12.3 Å². The van der Waals surface area contributed by atoms with Crippen LogP contribution in [-0.4, -0.2) is 35.4 Å². The third kappa shape index (κ3) is 3.02. The van der Waals surface area contributed by atoms with E-state index >= 15 is 0 Å². The Labute approximate surface area is 105 Å². The van der Waals surface area contributed by atoms with Crippen LogP contribution >= 0.6 is 11.8 Å². The molecule has 1 amide bonds. The lowest BCUT2D eigenvalue weighted by Gasteiger charge is -2.21. The molecule has 2 heterocycles. The molecule has 1 fully saturated rings. The molecule has 1 aromatic rings. The van der Waals surface area contributed by atoms with E-state index in [2.05, 4.69) is 17.4 Å². The van der Waals surface area contributed by atoms with Crippen LogP contribution < -0.4 is 11.3 Å². The van der Waals surface area contributed by atoms with E-state index < -0.39 is 0 Å². The molecule has 0 aromatic carbocycles. The number of nitrogens with two attached hydrogens (primary N) is 1. The smallest absolute Gasteiger partial charge is 0.268 e. The summed E-state index contributed by atoms with van der Waals surface area (Å²) in [5, 5.41) is 0. The summed E-state index contributed by atoms with van der Waals surface area (Å²) in [7, 11) is 2.09. The number of nitrogens with one attached hydrogen (secondary N) is 1. The van der Waals surface area contributed by atoms with E-state index in [9.17, 15) is 4.79 Å². The van der Waals surface area contributed by atoms with Crippen molar-refractivity contribution in [1.29, 1.82) is 0 Å². The molecule has 0 spiro atoms. The molecule has 1 unspecified atom stereocenters. The maximum Gasteiger partial charge on any atom is 0.268 e. The summed E-state index contributed by atoms with van der Waals surface area (Å²) >= 11 is 1.98. The number of rotatable bonds is 4. The number of hydrogen-bond acceptors (Lipinski definition) is 5. The Hall–Kier alpha value is -0.980. The van der Waals surface area contributed by atoms with Gasteiger partial charge in [0.2, 0.25) is 0 Å². The van der Waals surface area contributed by atoms with Crippen LogP contribution in [0.5, 0.6) is 0 Å². The standard InChI is InChI=1S/C11H17N3O2S/c1-14(9-2-3-17-7-9)5-10-4-8(6-16-10)11(15)13-12/h4,6,9H,2-3,5,7,12H2,1H3,(H,13,15). The first-order valence-corrected chi connectivity index (χ1v) is 6.72. The molecule has 17 heavy (non-hydrogen) atoms. The van der Waals surface area contributed by atoms with E-state index in [1.807, 2.05) is 11.8 Å². The Morgan fingerprint density at radius 2 is 2.59 bits per heavy atom. The van der Waals surface area contributed by atoms with Crippen LogP contribution in [0.4, 0.5) is 0 Å². The second-order valence-corrected chi connectivity index (χ2v) is 5.36. The van der Waals surface area contributed by atoms with Gasteiger partial charge < -0.3 is 4.42 Å². The topological polar surface area (TPSA) is 71.5 Å². The maximum absolute atomic E-state index is 11.3. The number of nitrogen functional groups attached to an aromatic ring is 1. The Kier molecular flexibility index (Phi) is 4.09. The Morgan fingerprint density at radius 1 is 1.76 bits per heavy atom. The minimum atomic E-state index is -0.320. The van der Waals surface area contributed by atoms with Crippen molar-refractivity contribution in [3.8, 4) is 0 Å². The Bertz CT molecular complexity index is 388. The van der Waals surface area contributed by atoms with Gasteiger partial charge in [-0.2, -0.15) is 11.8 Å². The van der Waals surface area contributed by atoms with Crippen LogP contribution in [0.25, 0.3) is 0 Å². The van der Waals surface area contributed by atoms with Crippen LogP contribution in [0.15, 0.2) is 16.7 Å². The molecule has 3 N–H and O–H groups in total. The van der Waals surface area contributed by atoms with Gasteiger partial charge in [-0.05, 0) is 25.3 Å². The van der Waals surface area contributed by atoms with Crippen LogP contribution in [0.3, 0.4) is 0 Å². The second-order valence-electron chi connectivity index (χ2n) is 4.21. The summed E-state index contributed by atoms with van der Waals surface area (Å²) in [6.45, 7) is 0.725. The molecule has 0 radical (unpaired) electrons. The highest BCUT2D eigenvalue weighted by atomic mass is 32.2. The molecule has 0 bridgehead atoms. The molecule has 0 saturated carbocycles. The molecule has 94 valence electrons. The number of furan rings is 1. The highest BCUT2D eigenvalue weighted by Crippen LogP contribution is 2.22. The average molecular weight is 255 g/mol. The summed E-state index contributed by atoms with van der Waals surface area (Å²) in [5.41, 5.74) is 2.56. The van der Waals surface area contributed by atoms with Crippen LogP contribution in [0, 0.1) is 0 Å². The summed E-state index contributed by atoms with van der Waals surface area (Å²) < 4.78 is 5.35. The maximum atomic E-state index is 11.3. The van der Waals surface area contributed by atoms with Gasteiger partial charge in [-0.1, -0.05) is 0 Å². The number of hydrogen-bond donors (Lipinski definition) is 2. The van der Waals surface area contributed by atoms with E-state index in [1.54, 1.807) is 6.07 Å². The largest absolute Gasteiger partial charge is 0.467 e. The lowest BCUT2D eigenvalue weighted by Crippen LogP contribution is -2.31. The zero-order chi connectivity index (χ0) is 12.3. The van der Waals surface area contributed by atoms with E-state index in [0.29, 0.717) is 11.6 Å². The quantitative estimate of drug-likeness (QED) is 0.473. The van der Waals surface area contributed by atoms with Gasteiger partial charge in [0, 0.05) is 11.8 Å². The van der Waals surface area contributed by atoms with Gasteiger partial charge in [-0.25, -0.2) is 5.84 Å². The molecule has 1 aliphatic rings. The summed E-state index contributed by atoms with van der Waals surface area (Å²) in [6.07, 6.45) is 2.66. The Morgan fingerprint density at radius 3 is 3.24 bits per heavy atom. The fourth-order valence-electron chi connectivity index (χ4n) is 1.91. The van der Waals surface area contributed by atoms with Gasteiger partial charge >= 0.3 is 0 Å². The van der Waals surface area contributed by atoms with Crippen LogP contribution in [0.1, 0.15) is 22.5 Å². The van der Waals surface area contributed by atoms with Crippen molar-refractivity contribution in [2.45, 2.75) is 19.0 Å². The third-order valence-electron chi connectivity index (χ3n) is 2.98. The van der Waals surface area contributed by atoms with Gasteiger partial charge in [-0.15, -0.1) is 0 Å². The van der Waals surface area contributed by atoms with Gasteiger partial charge in [0.25, 0.3) is 5.91 Å². The molecule has 1 atom stereocenters. The SMILES string of the molecule is CN(Cc1cc(C(=O)NN)co1)C1CCSC1. The molecular formula is C11H17N3O2S. The van der Waals surface area contributed by atoms with Gasteiger partial charge in [-0.3, -0.25) is 15.1 Å². The zero-order valence-electron chi connectivity index (χ0n) is 9.81. The van der Waals surface area contributed by atoms with Gasteiger partial charge in [0.05, 0.1) is 12.1 Å². The predicted molar refractivity (Wildman–Crippen MR) is 67.6 cm³/mol. The van der Waals surface area contributed by atoms with Crippen molar-refractivity contribution in [2.75, 3.05) is 18.6 Å². The van der Waals surface area contributed by atoms with Crippen molar-refractivity contribution >= 4 is 17.7 Å². The first kappa shape index (κ1) is 12.5. The normalized spacial score (nSPS) is 19.8. The van der Waals surface area contributed by atoms with Crippen molar-refractivity contribution in [1.82, 2.24) is 10.3 Å². The van der Waals surface area contributed by atoms with Gasteiger partial charge in [0.1, 0.15) is 12.0 Å². The second kappa shape index (κ2) is 5.57. The first-order chi connectivity index (χ1) is 8.20. The average Bonchev–Trinajstić information content (AvgIpc) is 2.98. The fraction of sp³-hybridized carbons (Fsp3) is 0.545. The van der Waals surface area contributed by atoms with Crippen LogP contribution in [0.2, 0.25) is 0 Å². The fourth-order valence-corrected chi connectivity index (χ4v) is 3.21. The number of hydrazine groups is 1. The highest BCUT2D eigenvalue weighted by molar-refractivity contribution is 7.99. The molecular weight excluding hydrogens is 238 g/mol. The highest BCUT2D eigenvalue weighted by Gasteiger charge is 2.21. The number of carbonyl (C=O) groups excluding carboxylic acids is 1. The number of amides is 1. The first-order valence-electron chi connectivity index (χ1n) is 5.57. The van der Waals surface area contributed by atoms with E-state index in [4.69, 9.17) is 10.3 Å². The molecule has 1 aliphatic heterocycles. The Balaban J connectivity index is 1.94. The number of nitrogens with zero attached hydrogens (tertiary/aromatic N) is 1. The monoisotopic (exact) mass is 255 g/mol. The predicted octanol–water partition coefficient (Wildman–Crippen LogP) is 0.820. The zero-order valence-corrected chi connectivity index (χ0v) is 10.6. The van der Waals surface area contributed by atoms with Gasteiger partial charge in [0.15, 0.2) is 0 Å². The molecule has 5 nitrogen and oxygen atoms in total. The molecule has 1 aromatic heterocycles. The molecule has 2 rings (SSSR count). The lowest BCUT2D eigenvalue weighted by molar-refractivity contribution is 0.0953. The van der Waals surface area contributed by atoms with Crippen LogP contribution in [-0.2, 0) is 6.54 Å². The summed E-state index contributed by atoms with van der Waals surface area (Å²) in [6, 6.07) is 2.35. The number of carbonyl (C=O) groups is 1. The molecule has 0 aliphatic carbocycles. The van der Waals surface area contributed by atoms with Crippen molar-refractivity contribution in [3.05, 3.63) is 23.7 Å². The third-order valence-corrected chi connectivity index (χ3v) is 4.13. The summed E-state index contributed by atoms with van der Waals surface area (Å²) in [5.74, 6) is 7.94. The summed E-state index contributed by atoms with van der Waals surface area (Å²) in [4.78, 5) is 13.5. The van der Waals surface area contributed by atoms with Crippen molar-refractivity contribution < 1.29 is 9.21 Å². The number of thioether (sulfide) groups is 1. The minimum absolute atomic E-state index is 0.320. The lowest BCUT2D eigenvalue weighted by atomic mass is 10.2. The van der Waals surface area contributed by atoms with Crippen molar-refractivity contribution in [3.63, 3.8) is 0 Å². The van der Waals surface area contributed by atoms with Crippen molar-refractivity contribution in [2.24, 2.45) is 5.84 Å².